The third kappa shape index (κ3) is 3.19. The molecule has 7 heteroatoms. The summed E-state index contributed by atoms with van der Waals surface area (Å²) in [5, 5.41) is 1.31. The number of rotatable bonds is 3. The molecule has 136 valence electrons. The first-order valence-electron chi connectivity index (χ1n) is 8.27. The minimum atomic E-state index is -0.620. The molecule has 0 aliphatic heterocycles. The number of nitrogens with zero attached hydrogens (tertiary/aromatic N) is 2. The Bertz CT molecular complexity index is 1260. The molecule has 0 saturated heterocycles. The number of esters is 1. The first-order valence-corrected chi connectivity index (χ1v) is 8.65. The smallest absolute Gasteiger partial charge is 0.374 e. The molecule has 0 aliphatic carbocycles. The molecule has 0 radical (unpaired) electrons. The molecule has 1 aromatic carbocycles. The topological polar surface area (TPSA) is 73.8 Å². The van der Waals surface area contributed by atoms with Crippen LogP contribution in [0.4, 0.5) is 0 Å². The summed E-state index contributed by atoms with van der Waals surface area (Å²) < 4.78 is 12.3. The molecule has 0 bridgehead atoms. The number of carbonyl (C=O) groups is 1. The lowest BCUT2D eigenvalue weighted by Crippen LogP contribution is -2.17. The molecule has 0 unspecified atom stereocenters. The molecular weight excluding hydrogens is 368 g/mol. The number of ether oxygens (including phenoxy) is 1. The first-order chi connectivity index (χ1) is 12.9. The molecule has 3 aromatic heterocycles. The van der Waals surface area contributed by atoms with Crippen molar-refractivity contribution in [3.05, 3.63) is 80.6 Å². The van der Waals surface area contributed by atoms with Crippen molar-refractivity contribution in [2.75, 3.05) is 0 Å². The Balaban J connectivity index is 1.59. The molecule has 0 spiro atoms. The van der Waals surface area contributed by atoms with Gasteiger partial charge in [-0.05, 0) is 43.7 Å². The van der Waals surface area contributed by atoms with Gasteiger partial charge in [-0.3, -0.25) is 9.20 Å². The number of fused-ring (bicyclic) bond motifs is 2. The zero-order chi connectivity index (χ0) is 19.1. The normalized spacial score (nSPS) is 11.2. The maximum atomic E-state index is 12.4. The van der Waals surface area contributed by atoms with E-state index in [0.29, 0.717) is 27.5 Å². The lowest BCUT2D eigenvalue weighted by Gasteiger charge is -2.06. The lowest BCUT2D eigenvalue weighted by molar-refractivity contribution is 0.0432. The van der Waals surface area contributed by atoms with Crippen molar-refractivity contribution in [3.8, 4) is 0 Å². The summed E-state index contributed by atoms with van der Waals surface area (Å²) in [5.74, 6) is -0.508. The number of hydrogen-bond acceptors (Lipinski definition) is 5. The number of hydrogen-bond donors (Lipinski definition) is 0. The Morgan fingerprint density at radius 3 is 2.85 bits per heavy atom. The highest BCUT2D eigenvalue weighted by Crippen LogP contribution is 2.28. The van der Waals surface area contributed by atoms with Crippen LogP contribution in [0.1, 0.15) is 27.4 Å². The molecule has 4 rings (SSSR count). The van der Waals surface area contributed by atoms with E-state index in [1.54, 1.807) is 37.4 Å². The highest BCUT2D eigenvalue weighted by atomic mass is 35.5. The van der Waals surface area contributed by atoms with Gasteiger partial charge < -0.3 is 9.15 Å². The third-order valence-corrected chi connectivity index (χ3v) is 4.53. The standard InChI is InChI=1S/C20H15ClN2O4/c1-11-3-6-17-22-14(8-18(24)23(17)9-11)10-26-20(25)19-12(2)15-7-13(21)4-5-16(15)27-19/h3-9H,10H2,1-2H3. The molecule has 3 heterocycles. The average Bonchev–Trinajstić information content (AvgIpc) is 2.97. The number of carbonyl (C=O) groups excluding carboxylic acids is 1. The summed E-state index contributed by atoms with van der Waals surface area (Å²) in [6.07, 6.45) is 1.71. The second-order valence-electron chi connectivity index (χ2n) is 6.29. The Morgan fingerprint density at radius 1 is 1.22 bits per heavy atom. The van der Waals surface area contributed by atoms with Gasteiger partial charge in [0.1, 0.15) is 17.8 Å². The van der Waals surface area contributed by atoms with E-state index in [1.165, 1.54) is 10.5 Å². The number of furan rings is 1. The average molecular weight is 383 g/mol. The fourth-order valence-electron chi connectivity index (χ4n) is 2.93. The summed E-state index contributed by atoms with van der Waals surface area (Å²) in [4.78, 5) is 29.0. The number of aromatic nitrogens is 2. The van der Waals surface area contributed by atoms with E-state index in [2.05, 4.69) is 4.98 Å². The maximum Gasteiger partial charge on any atom is 0.374 e. The fourth-order valence-corrected chi connectivity index (χ4v) is 3.10. The first kappa shape index (κ1) is 17.3. The maximum absolute atomic E-state index is 12.4. The van der Waals surface area contributed by atoms with E-state index >= 15 is 0 Å². The van der Waals surface area contributed by atoms with Crippen LogP contribution in [0.25, 0.3) is 16.6 Å². The van der Waals surface area contributed by atoms with E-state index < -0.39 is 5.97 Å². The van der Waals surface area contributed by atoms with Gasteiger partial charge in [0, 0.05) is 28.2 Å². The molecule has 0 amide bonds. The summed E-state index contributed by atoms with van der Waals surface area (Å²) in [7, 11) is 0. The second-order valence-corrected chi connectivity index (χ2v) is 6.73. The molecule has 0 fully saturated rings. The van der Waals surface area contributed by atoms with Crippen LogP contribution in [0.5, 0.6) is 0 Å². The Labute approximate surface area is 159 Å². The van der Waals surface area contributed by atoms with Crippen molar-refractivity contribution in [2.45, 2.75) is 20.5 Å². The van der Waals surface area contributed by atoms with Crippen LogP contribution in [0, 0.1) is 13.8 Å². The van der Waals surface area contributed by atoms with Crippen LogP contribution in [0.3, 0.4) is 0 Å². The van der Waals surface area contributed by atoms with Crippen LogP contribution < -0.4 is 5.56 Å². The van der Waals surface area contributed by atoms with Crippen molar-refractivity contribution in [3.63, 3.8) is 0 Å². The van der Waals surface area contributed by atoms with Gasteiger partial charge in [-0.2, -0.15) is 0 Å². The minimum absolute atomic E-state index is 0.111. The lowest BCUT2D eigenvalue weighted by atomic mass is 10.1. The summed E-state index contributed by atoms with van der Waals surface area (Å²) >= 11 is 6.00. The summed E-state index contributed by atoms with van der Waals surface area (Å²) in [5.41, 5.74) is 2.79. The van der Waals surface area contributed by atoms with Crippen molar-refractivity contribution < 1.29 is 13.9 Å². The summed E-state index contributed by atoms with van der Waals surface area (Å²) in [6.45, 7) is 3.53. The third-order valence-electron chi connectivity index (χ3n) is 4.30. The monoisotopic (exact) mass is 382 g/mol. The largest absolute Gasteiger partial charge is 0.453 e. The van der Waals surface area contributed by atoms with Gasteiger partial charge >= 0.3 is 5.97 Å². The van der Waals surface area contributed by atoms with Gasteiger partial charge in [0.2, 0.25) is 5.76 Å². The van der Waals surface area contributed by atoms with Crippen LogP contribution in [0.15, 0.2) is 51.8 Å². The number of pyridine rings is 1. The second kappa shape index (κ2) is 6.55. The minimum Gasteiger partial charge on any atom is -0.453 e. The molecule has 0 atom stereocenters. The van der Waals surface area contributed by atoms with E-state index in [0.717, 1.165) is 10.9 Å². The molecule has 0 N–H and O–H groups in total. The van der Waals surface area contributed by atoms with Gasteiger partial charge in [-0.1, -0.05) is 17.7 Å². The number of aryl methyl sites for hydroxylation is 2. The van der Waals surface area contributed by atoms with Gasteiger partial charge in [0.05, 0.1) is 5.69 Å². The van der Waals surface area contributed by atoms with Gasteiger partial charge in [-0.25, -0.2) is 9.78 Å². The highest BCUT2D eigenvalue weighted by Gasteiger charge is 2.19. The molecule has 6 nitrogen and oxygen atoms in total. The number of benzene rings is 1. The van der Waals surface area contributed by atoms with Gasteiger partial charge in [0.25, 0.3) is 5.56 Å². The van der Waals surface area contributed by atoms with Crippen LogP contribution in [0.2, 0.25) is 5.02 Å². The fraction of sp³-hybridized carbons (Fsp3) is 0.150. The molecule has 0 aliphatic rings. The predicted octanol–water partition coefficient (Wildman–Crippen LogP) is 4.07. The van der Waals surface area contributed by atoms with Crippen LogP contribution in [-0.2, 0) is 11.3 Å². The SMILES string of the molecule is Cc1ccc2nc(COC(=O)c3oc4ccc(Cl)cc4c3C)cc(=O)n2c1. The van der Waals surface area contributed by atoms with Crippen molar-refractivity contribution in [2.24, 2.45) is 0 Å². The van der Waals surface area contributed by atoms with E-state index in [-0.39, 0.29) is 17.9 Å². The van der Waals surface area contributed by atoms with Crippen LogP contribution in [-0.4, -0.2) is 15.4 Å². The van der Waals surface area contributed by atoms with E-state index in [4.69, 9.17) is 20.8 Å². The van der Waals surface area contributed by atoms with E-state index in [1.807, 2.05) is 13.0 Å². The number of halogens is 1. The molecule has 0 saturated carbocycles. The molecular formula is C20H15ClN2O4. The van der Waals surface area contributed by atoms with Crippen molar-refractivity contribution >= 4 is 34.2 Å². The summed E-state index contributed by atoms with van der Waals surface area (Å²) in [6, 6.07) is 10.1. The highest BCUT2D eigenvalue weighted by molar-refractivity contribution is 6.31. The predicted molar refractivity (Wildman–Crippen MR) is 101 cm³/mol. The zero-order valence-corrected chi connectivity index (χ0v) is 15.4. The molecule has 4 aromatic rings. The Kier molecular flexibility index (Phi) is 4.20. The zero-order valence-electron chi connectivity index (χ0n) is 14.7. The van der Waals surface area contributed by atoms with Gasteiger partial charge in [0.15, 0.2) is 0 Å². The van der Waals surface area contributed by atoms with Crippen molar-refractivity contribution in [1.29, 1.82) is 0 Å². The molecule has 27 heavy (non-hydrogen) atoms. The Morgan fingerprint density at radius 2 is 2.04 bits per heavy atom. The Hall–Kier alpha value is -3.12. The quantitative estimate of drug-likeness (QED) is 0.499. The van der Waals surface area contributed by atoms with Gasteiger partial charge in [-0.15, -0.1) is 0 Å². The van der Waals surface area contributed by atoms with Crippen molar-refractivity contribution in [1.82, 2.24) is 9.38 Å². The van der Waals surface area contributed by atoms with E-state index in [9.17, 15) is 9.59 Å². The van der Waals surface area contributed by atoms with Crippen LogP contribution >= 0.6 is 11.6 Å².